The van der Waals surface area contributed by atoms with E-state index in [4.69, 9.17) is 16.3 Å². The van der Waals surface area contributed by atoms with Crippen molar-refractivity contribution in [2.45, 2.75) is 26.8 Å². The van der Waals surface area contributed by atoms with Crippen LogP contribution in [0.15, 0.2) is 17.9 Å². The fraction of sp³-hybridized carbons (Fsp3) is 0.375. The minimum absolute atomic E-state index is 0.289. The SMILES string of the molecule is Cc1cc(C)c(C2=C(OC(=O)N(C)C)C(C)NC2=O)c(Cl)c1. The van der Waals surface area contributed by atoms with E-state index < -0.39 is 6.09 Å². The Labute approximate surface area is 134 Å². The van der Waals surface area contributed by atoms with Crippen molar-refractivity contribution in [3.63, 3.8) is 0 Å². The third-order valence-electron chi connectivity index (χ3n) is 3.46. The van der Waals surface area contributed by atoms with Crippen molar-refractivity contribution >= 4 is 29.2 Å². The van der Waals surface area contributed by atoms with Crippen LogP contribution in [0.1, 0.15) is 23.6 Å². The molecular weight excluding hydrogens is 304 g/mol. The zero-order chi connectivity index (χ0) is 16.6. The van der Waals surface area contributed by atoms with Gasteiger partial charge in [-0.3, -0.25) is 4.79 Å². The zero-order valence-electron chi connectivity index (χ0n) is 13.3. The van der Waals surface area contributed by atoms with Gasteiger partial charge < -0.3 is 15.0 Å². The van der Waals surface area contributed by atoms with Crippen molar-refractivity contribution in [1.82, 2.24) is 10.2 Å². The molecule has 1 aromatic rings. The van der Waals surface area contributed by atoms with E-state index >= 15 is 0 Å². The summed E-state index contributed by atoms with van der Waals surface area (Å²) in [4.78, 5) is 25.5. The average molecular weight is 323 g/mol. The van der Waals surface area contributed by atoms with Crippen molar-refractivity contribution in [2.75, 3.05) is 14.1 Å². The molecule has 5 nitrogen and oxygen atoms in total. The van der Waals surface area contributed by atoms with Crippen molar-refractivity contribution in [1.29, 1.82) is 0 Å². The molecule has 1 heterocycles. The number of carbonyl (C=O) groups excluding carboxylic acids is 2. The Bertz CT molecular complexity index is 657. The summed E-state index contributed by atoms with van der Waals surface area (Å²) in [5, 5.41) is 3.23. The highest BCUT2D eigenvalue weighted by Gasteiger charge is 2.35. The minimum atomic E-state index is -0.531. The molecule has 0 radical (unpaired) electrons. The zero-order valence-corrected chi connectivity index (χ0v) is 14.0. The van der Waals surface area contributed by atoms with E-state index in [2.05, 4.69) is 5.32 Å². The largest absolute Gasteiger partial charge is 0.414 e. The van der Waals surface area contributed by atoms with Crippen LogP contribution in [0, 0.1) is 13.8 Å². The van der Waals surface area contributed by atoms with Gasteiger partial charge in [0.2, 0.25) is 0 Å². The molecule has 0 aromatic heterocycles. The fourth-order valence-electron chi connectivity index (χ4n) is 2.46. The molecule has 0 bridgehead atoms. The highest BCUT2D eigenvalue weighted by Crippen LogP contribution is 2.35. The van der Waals surface area contributed by atoms with Gasteiger partial charge in [-0.1, -0.05) is 17.7 Å². The first-order chi connectivity index (χ1) is 10.2. The Kier molecular flexibility index (Phi) is 4.47. The molecule has 1 N–H and O–H groups in total. The fourth-order valence-corrected chi connectivity index (χ4v) is 2.87. The van der Waals surface area contributed by atoms with Crippen LogP contribution < -0.4 is 5.32 Å². The number of rotatable bonds is 2. The van der Waals surface area contributed by atoms with Gasteiger partial charge in [0.1, 0.15) is 5.76 Å². The van der Waals surface area contributed by atoms with Gasteiger partial charge in [0.05, 0.1) is 11.6 Å². The number of amides is 2. The summed E-state index contributed by atoms with van der Waals surface area (Å²) >= 11 is 6.33. The maximum absolute atomic E-state index is 12.3. The number of benzene rings is 1. The van der Waals surface area contributed by atoms with Crippen molar-refractivity contribution in [2.24, 2.45) is 0 Å². The van der Waals surface area contributed by atoms with E-state index in [1.54, 1.807) is 27.1 Å². The summed E-state index contributed by atoms with van der Waals surface area (Å²) in [6, 6.07) is 3.34. The van der Waals surface area contributed by atoms with E-state index in [1.807, 2.05) is 19.9 Å². The molecule has 0 saturated carbocycles. The second-order valence-corrected chi connectivity index (χ2v) is 6.04. The third-order valence-corrected chi connectivity index (χ3v) is 3.76. The van der Waals surface area contributed by atoms with Gasteiger partial charge in [0.25, 0.3) is 5.91 Å². The van der Waals surface area contributed by atoms with E-state index in [-0.39, 0.29) is 11.9 Å². The summed E-state index contributed by atoms with van der Waals surface area (Å²) in [7, 11) is 3.17. The summed E-state index contributed by atoms with van der Waals surface area (Å²) in [6.07, 6.45) is -0.531. The molecule has 1 aromatic carbocycles. The van der Waals surface area contributed by atoms with Crippen LogP contribution in [0.5, 0.6) is 0 Å². The lowest BCUT2D eigenvalue weighted by molar-refractivity contribution is -0.115. The van der Waals surface area contributed by atoms with Crippen molar-refractivity contribution in [3.05, 3.63) is 39.6 Å². The van der Waals surface area contributed by atoms with Crippen molar-refractivity contribution in [3.8, 4) is 0 Å². The molecule has 0 aliphatic carbocycles. The van der Waals surface area contributed by atoms with Crippen LogP contribution in [0.2, 0.25) is 5.02 Å². The second-order valence-electron chi connectivity index (χ2n) is 5.64. The van der Waals surface area contributed by atoms with Gasteiger partial charge in [0, 0.05) is 24.7 Å². The van der Waals surface area contributed by atoms with Crippen LogP contribution in [-0.4, -0.2) is 37.0 Å². The maximum atomic E-state index is 12.3. The normalized spacial score (nSPS) is 17.5. The van der Waals surface area contributed by atoms with Crippen LogP contribution in [-0.2, 0) is 9.53 Å². The number of nitrogens with zero attached hydrogens (tertiary/aromatic N) is 1. The van der Waals surface area contributed by atoms with E-state index in [1.165, 1.54) is 4.90 Å². The minimum Gasteiger partial charge on any atom is -0.412 e. The molecule has 2 amide bonds. The smallest absolute Gasteiger partial charge is 0.412 e. The summed E-state index contributed by atoms with van der Waals surface area (Å²) in [5.41, 5.74) is 2.80. The summed E-state index contributed by atoms with van der Waals surface area (Å²) < 4.78 is 5.39. The molecule has 1 aliphatic heterocycles. The third kappa shape index (κ3) is 2.95. The average Bonchev–Trinajstić information content (AvgIpc) is 2.64. The second kappa shape index (κ2) is 6.01. The molecule has 2 rings (SSSR count). The predicted molar refractivity (Wildman–Crippen MR) is 85.6 cm³/mol. The molecule has 1 aliphatic rings. The van der Waals surface area contributed by atoms with Crippen LogP contribution >= 0.6 is 11.6 Å². The van der Waals surface area contributed by atoms with E-state index in [0.717, 1.165) is 11.1 Å². The number of ether oxygens (including phenoxy) is 1. The number of aryl methyl sites for hydroxylation is 2. The molecular formula is C16H19ClN2O3. The predicted octanol–water partition coefficient (Wildman–Crippen LogP) is 2.88. The first-order valence-electron chi connectivity index (χ1n) is 6.93. The Morgan fingerprint density at radius 1 is 1.32 bits per heavy atom. The number of hydrogen-bond acceptors (Lipinski definition) is 3. The topological polar surface area (TPSA) is 58.6 Å². The Morgan fingerprint density at radius 3 is 2.50 bits per heavy atom. The Balaban J connectivity index is 2.59. The lowest BCUT2D eigenvalue weighted by Crippen LogP contribution is -2.29. The highest BCUT2D eigenvalue weighted by atomic mass is 35.5. The molecule has 0 saturated heterocycles. The number of nitrogens with one attached hydrogen (secondary N) is 1. The highest BCUT2D eigenvalue weighted by molar-refractivity contribution is 6.36. The lowest BCUT2D eigenvalue weighted by atomic mass is 9.97. The van der Waals surface area contributed by atoms with Gasteiger partial charge in [-0.2, -0.15) is 0 Å². The maximum Gasteiger partial charge on any atom is 0.414 e. The van der Waals surface area contributed by atoms with Crippen LogP contribution in [0.3, 0.4) is 0 Å². The van der Waals surface area contributed by atoms with Crippen LogP contribution in [0.25, 0.3) is 5.57 Å². The molecule has 0 spiro atoms. The summed E-state index contributed by atoms with van der Waals surface area (Å²) in [5.74, 6) is 0.0143. The lowest BCUT2D eigenvalue weighted by Gasteiger charge is -2.16. The van der Waals surface area contributed by atoms with E-state index in [9.17, 15) is 9.59 Å². The Morgan fingerprint density at radius 2 is 1.95 bits per heavy atom. The number of hydrogen-bond donors (Lipinski definition) is 1. The van der Waals surface area contributed by atoms with E-state index in [0.29, 0.717) is 21.9 Å². The first-order valence-corrected chi connectivity index (χ1v) is 7.31. The molecule has 1 unspecified atom stereocenters. The molecule has 118 valence electrons. The van der Waals surface area contributed by atoms with Gasteiger partial charge in [0.15, 0.2) is 0 Å². The number of carbonyl (C=O) groups is 2. The number of halogens is 1. The molecule has 6 heteroatoms. The first kappa shape index (κ1) is 16.4. The molecule has 0 fully saturated rings. The monoisotopic (exact) mass is 322 g/mol. The van der Waals surface area contributed by atoms with Gasteiger partial charge >= 0.3 is 6.09 Å². The van der Waals surface area contributed by atoms with Gasteiger partial charge in [-0.05, 0) is 38.0 Å². The molecule has 1 atom stereocenters. The quantitative estimate of drug-likeness (QED) is 0.910. The summed E-state index contributed by atoms with van der Waals surface area (Å²) in [6.45, 7) is 5.57. The Hall–Kier alpha value is -2.01. The standard InChI is InChI=1S/C16H19ClN2O3/c1-8-6-9(2)12(11(17)7-8)13-14(10(3)18-15(13)20)22-16(21)19(4)5/h6-7,10H,1-5H3,(H,18,20). The van der Waals surface area contributed by atoms with Crippen LogP contribution in [0.4, 0.5) is 4.79 Å². The molecule has 22 heavy (non-hydrogen) atoms. The van der Waals surface area contributed by atoms with Gasteiger partial charge in [-0.15, -0.1) is 0 Å². The van der Waals surface area contributed by atoms with Gasteiger partial charge in [-0.25, -0.2) is 4.79 Å². The van der Waals surface area contributed by atoms with Crippen molar-refractivity contribution < 1.29 is 14.3 Å².